The Bertz CT molecular complexity index is 694. The summed E-state index contributed by atoms with van der Waals surface area (Å²) in [5.74, 6) is -2.84. The maximum absolute atomic E-state index is 13.5. The number of carbonyl (C=O) groups excluding carboxylic acids is 1. The van der Waals surface area contributed by atoms with Crippen LogP contribution in [-0.4, -0.2) is 38.6 Å². The van der Waals surface area contributed by atoms with Crippen LogP contribution < -0.4 is 10.2 Å². The van der Waals surface area contributed by atoms with Gasteiger partial charge in [0.15, 0.2) is 0 Å². The largest absolute Gasteiger partial charge is 0.465 e. The van der Waals surface area contributed by atoms with Gasteiger partial charge in [-0.05, 0) is 55.3 Å². The van der Waals surface area contributed by atoms with Crippen LogP contribution in [0, 0.1) is 5.41 Å². The molecule has 3 aliphatic rings. The Morgan fingerprint density at radius 2 is 1.89 bits per heavy atom. The summed E-state index contributed by atoms with van der Waals surface area (Å²) >= 11 is 0. The van der Waals surface area contributed by atoms with Crippen LogP contribution in [0.5, 0.6) is 0 Å². The van der Waals surface area contributed by atoms with E-state index < -0.39 is 5.92 Å². The number of nitrogens with zero attached hydrogens (tertiary/aromatic N) is 1. The molecule has 0 amide bonds. The van der Waals surface area contributed by atoms with E-state index in [0.29, 0.717) is 5.56 Å². The number of ether oxygens (including phenoxy) is 1. The van der Waals surface area contributed by atoms with Gasteiger partial charge >= 0.3 is 5.97 Å². The highest BCUT2D eigenvalue weighted by molar-refractivity contribution is 5.91. The summed E-state index contributed by atoms with van der Waals surface area (Å²) in [4.78, 5) is 14.3. The zero-order chi connectivity index (χ0) is 20.4. The smallest absolute Gasteiger partial charge is 0.337 e. The van der Waals surface area contributed by atoms with Crippen LogP contribution >= 0.6 is 0 Å². The molecule has 1 spiro atoms. The Balaban J connectivity index is 0.00000109. The number of hydrogen-bond acceptors (Lipinski definition) is 4. The average Bonchev–Trinajstić information content (AvgIpc) is 3.21. The third-order valence-electron chi connectivity index (χ3n) is 6.22. The Kier molecular flexibility index (Phi) is 6.28. The number of esters is 1. The Labute approximate surface area is 166 Å². The topological polar surface area (TPSA) is 41.6 Å². The number of methoxy groups -OCH3 is 1. The van der Waals surface area contributed by atoms with Crippen molar-refractivity contribution in [1.29, 1.82) is 0 Å². The second-order valence-corrected chi connectivity index (χ2v) is 8.13. The molecule has 28 heavy (non-hydrogen) atoms. The third kappa shape index (κ3) is 4.17. The molecular weight excluding hydrogens is 362 g/mol. The minimum Gasteiger partial charge on any atom is -0.465 e. The first kappa shape index (κ1) is 21.0. The molecule has 1 saturated carbocycles. The second-order valence-electron chi connectivity index (χ2n) is 8.13. The number of halogens is 2. The number of piperidine rings is 1. The van der Waals surface area contributed by atoms with Crippen molar-refractivity contribution in [2.45, 2.75) is 64.3 Å². The van der Waals surface area contributed by atoms with E-state index in [2.05, 4.69) is 10.2 Å². The molecule has 4 rings (SSSR count). The van der Waals surface area contributed by atoms with Crippen molar-refractivity contribution in [2.75, 3.05) is 31.6 Å². The number of benzene rings is 1. The van der Waals surface area contributed by atoms with Crippen LogP contribution in [0.15, 0.2) is 18.2 Å². The van der Waals surface area contributed by atoms with Crippen molar-refractivity contribution >= 4 is 11.7 Å². The van der Waals surface area contributed by atoms with E-state index in [4.69, 9.17) is 4.74 Å². The summed E-state index contributed by atoms with van der Waals surface area (Å²) in [5.41, 5.74) is 2.47. The lowest BCUT2D eigenvalue weighted by Crippen LogP contribution is -2.52. The molecule has 2 saturated heterocycles. The molecule has 2 aliphatic heterocycles. The highest BCUT2D eigenvalue weighted by atomic mass is 19.3. The van der Waals surface area contributed by atoms with E-state index in [1.165, 1.54) is 7.11 Å². The van der Waals surface area contributed by atoms with Gasteiger partial charge in [-0.1, -0.05) is 19.9 Å². The van der Waals surface area contributed by atoms with Gasteiger partial charge in [-0.15, -0.1) is 0 Å². The third-order valence-corrected chi connectivity index (χ3v) is 6.22. The zero-order valence-corrected chi connectivity index (χ0v) is 17.2. The fourth-order valence-electron chi connectivity index (χ4n) is 5.02. The highest BCUT2D eigenvalue weighted by Gasteiger charge is 2.57. The number of nitrogens with one attached hydrogen (secondary N) is 1. The maximum atomic E-state index is 13.5. The lowest BCUT2D eigenvalue weighted by atomic mass is 9.59. The SMILES string of the molecule is CC.COC(=O)c1ccc(C2CC3(CCN2)CC(F)(F)C3)c(N2CCCC2)c1. The first-order valence-corrected chi connectivity index (χ1v) is 10.5. The van der Waals surface area contributed by atoms with E-state index in [1.54, 1.807) is 6.07 Å². The fourth-order valence-corrected chi connectivity index (χ4v) is 5.02. The van der Waals surface area contributed by atoms with Crippen LogP contribution in [0.25, 0.3) is 0 Å². The molecule has 1 aromatic carbocycles. The first-order chi connectivity index (χ1) is 13.4. The lowest BCUT2D eigenvalue weighted by molar-refractivity contribution is -0.174. The van der Waals surface area contributed by atoms with Crippen molar-refractivity contribution < 1.29 is 18.3 Å². The molecule has 156 valence electrons. The van der Waals surface area contributed by atoms with E-state index in [0.717, 1.165) is 56.6 Å². The van der Waals surface area contributed by atoms with Crippen LogP contribution in [0.1, 0.15) is 74.3 Å². The fraction of sp³-hybridized carbons (Fsp3) is 0.682. The quantitative estimate of drug-likeness (QED) is 0.738. The highest BCUT2D eigenvalue weighted by Crippen LogP contribution is 2.59. The summed E-state index contributed by atoms with van der Waals surface area (Å²) < 4.78 is 31.9. The van der Waals surface area contributed by atoms with E-state index in [9.17, 15) is 13.6 Å². The molecule has 0 radical (unpaired) electrons. The number of hydrogen-bond donors (Lipinski definition) is 1. The summed E-state index contributed by atoms with van der Waals surface area (Å²) in [5, 5.41) is 3.52. The standard InChI is InChI=1S/C20H26F2N2O2.C2H6/c1-26-18(25)14-4-5-15(17(10-14)24-8-2-3-9-24)16-11-19(6-7-23-16)12-20(21,22)13-19;1-2/h4-5,10,16,23H,2-3,6-9,11-13H2,1H3;1-2H3. The van der Waals surface area contributed by atoms with Gasteiger partial charge in [-0.25, -0.2) is 13.6 Å². The maximum Gasteiger partial charge on any atom is 0.337 e. The molecule has 3 fully saturated rings. The molecule has 1 aliphatic carbocycles. The van der Waals surface area contributed by atoms with Crippen molar-refractivity contribution in [2.24, 2.45) is 5.41 Å². The monoisotopic (exact) mass is 394 g/mol. The number of anilines is 1. The lowest BCUT2D eigenvalue weighted by Gasteiger charge is -2.52. The minimum absolute atomic E-state index is 0.0114. The van der Waals surface area contributed by atoms with Gasteiger partial charge in [0.05, 0.1) is 12.7 Å². The van der Waals surface area contributed by atoms with Gasteiger partial charge in [0.25, 0.3) is 0 Å². The predicted molar refractivity (Wildman–Crippen MR) is 107 cm³/mol. The van der Waals surface area contributed by atoms with E-state index in [1.807, 2.05) is 26.0 Å². The van der Waals surface area contributed by atoms with Gasteiger partial charge in [-0.3, -0.25) is 0 Å². The Hall–Kier alpha value is -1.69. The van der Waals surface area contributed by atoms with Crippen molar-refractivity contribution in [3.63, 3.8) is 0 Å². The Morgan fingerprint density at radius 1 is 1.21 bits per heavy atom. The van der Waals surface area contributed by atoms with Crippen LogP contribution in [-0.2, 0) is 4.74 Å². The molecule has 0 aromatic heterocycles. The minimum atomic E-state index is -2.49. The Morgan fingerprint density at radius 3 is 2.50 bits per heavy atom. The van der Waals surface area contributed by atoms with Crippen LogP contribution in [0.2, 0.25) is 0 Å². The van der Waals surface area contributed by atoms with E-state index in [-0.39, 0.29) is 30.3 Å². The molecular formula is C22H32F2N2O2. The molecule has 2 heterocycles. The average molecular weight is 395 g/mol. The summed E-state index contributed by atoms with van der Waals surface area (Å²) in [7, 11) is 1.38. The van der Waals surface area contributed by atoms with Gasteiger partial charge < -0.3 is 15.0 Å². The number of alkyl halides is 2. The molecule has 1 unspecified atom stereocenters. The van der Waals surface area contributed by atoms with Gasteiger partial charge in [0, 0.05) is 37.7 Å². The van der Waals surface area contributed by atoms with Crippen molar-refractivity contribution in [3.8, 4) is 0 Å². The molecule has 6 heteroatoms. The molecule has 1 atom stereocenters. The van der Waals surface area contributed by atoms with Crippen molar-refractivity contribution in [3.05, 3.63) is 29.3 Å². The van der Waals surface area contributed by atoms with Gasteiger partial charge in [0.2, 0.25) is 5.92 Å². The van der Waals surface area contributed by atoms with E-state index >= 15 is 0 Å². The molecule has 0 bridgehead atoms. The zero-order valence-electron chi connectivity index (χ0n) is 17.2. The number of carbonyl (C=O) groups is 1. The van der Waals surface area contributed by atoms with Crippen LogP contribution in [0.3, 0.4) is 0 Å². The molecule has 1 aromatic rings. The van der Waals surface area contributed by atoms with Crippen LogP contribution in [0.4, 0.5) is 14.5 Å². The number of rotatable bonds is 3. The molecule has 4 nitrogen and oxygen atoms in total. The predicted octanol–water partition coefficient (Wildman–Crippen LogP) is 4.94. The van der Waals surface area contributed by atoms with Crippen molar-refractivity contribution in [1.82, 2.24) is 5.32 Å². The second kappa shape index (κ2) is 8.36. The summed E-state index contributed by atoms with van der Waals surface area (Å²) in [6, 6.07) is 5.74. The first-order valence-electron chi connectivity index (χ1n) is 10.5. The normalized spacial score (nSPS) is 24.9. The molecule has 1 N–H and O–H groups in total. The summed E-state index contributed by atoms with van der Waals surface area (Å²) in [6.45, 7) is 6.69. The summed E-state index contributed by atoms with van der Waals surface area (Å²) in [6.07, 6.45) is 3.85. The van der Waals surface area contributed by atoms with Gasteiger partial charge in [0.1, 0.15) is 0 Å². The van der Waals surface area contributed by atoms with Gasteiger partial charge in [-0.2, -0.15) is 0 Å².